The number of nitrogens with zero attached hydrogens (tertiary/aromatic N) is 2. The predicted molar refractivity (Wildman–Crippen MR) is 132 cm³/mol. The number of rotatable bonds is 7. The van der Waals surface area contributed by atoms with Gasteiger partial charge >= 0.3 is 0 Å². The number of hydrogen-bond donors (Lipinski definition) is 3. The molecular weight excluding hydrogens is 450 g/mol. The molecule has 1 fully saturated rings. The number of methoxy groups -OCH3 is 1. The van der Waals surface area contributed by atoms with E-state index in [2.05, 4.69) is 31.6 Å². The molecule has 5 rings (SSSR count). The third kappa shape index (κ3) is 4.87. The van der Waals surface area contributed by atoms with Crippen molar-refractivity contribution in [2.75, 3.05) is 26.8 Å². The van der Waals surface area contributed by atoms with E-state index in [-0.39, 0.29) is 23.9 Å². The van der Waals surface area contributed by atoms with Crippen molar-refractivity contribution in [1.82, 2.24) is 25.5 Å². The summed E-state index contributed by atoms with van der Waals surface area (Å²) in [5, 5.41) is 7.81. The number of hydrogen-bond acceptors (Lipinski definition) is 6. The molecule has 1 aliphatic carbocycles. The number of thiazole rings is 1. The Balaban J connectivity index is 1.21. The van der Waals surface area contributed by atoms with Gasteiger partial charge in [-0.25, -0.2) is 4.98 Å². The third-order valence-electron chi connectivity index (χ3n) is 6.79. The highest BCUT2D eigenvalue weighted by Crippen LogP contribution is 2.26. The first kappa shape index (κ1) is 23.0. The van der Waals surface area contributed by atoms with E-state index in [0.29, 0.717) is 17.3 Å². The molecule has 0 bridgehead atoms. The molecule has 1 aromatic carbocycles. The van der Waals surface area contributed by atoms with Gasteiger partial charge in [0.1, 0.15) is 5.69 Å². The Labute approximate surface area is 203 Å². The molecule has 0 saturated heterocycles. The fourth-order valence-corrected chi connectivity index (χ4v) is 5.97. The summed E-state index contributed by atoms with van der Waals surface area (Å²) in [5.41, 5.74) is 3.68. The Morgan fingerprint density at radius 3 is 2.79 bits per heavy atom. The van der Waals surface area contributed by atoms with Gasteiger partial charge in [0.2, 0.25) is 0 Å². The number of aryl methyl sites for hydroxylation is 1. The molecule has 2 atom stereocenters. The first-order chi connectivity index (χ1) is 16.5. The van der Waals surface area contributed by atoms with E-state index in [1.165, 1.54) is 11.3 Å². The zero-order chi connectivity index (χ0) is 23.7. The zero-order valence-corrected chi connectivity index (χ0v) is 20.5. The molecule has 34 heavy (non-hydrogen) atoms. The van der Waals surface area contributed by atoms with E-state index in [0.717, 1.165) is 72.4 Å². The molecule has 3 aromatic rings. The van der Waals surface area contributed by atoms with Crippen LogP contribution in [0.25, 0.3) is 10.9 Å². The van der Waals surface area contributed by atoms with Crippen molar-refractivity contribution in [3.63, 3.8) is 0 Å². The van der Waals surface area contributed by atoms with Crippen LogP contribution in [0, 0.1) is 6.92 Å². The lowest BCUT2D eigenvalue weighted by Crippen LogP contribution is -2.48. The largest absolute Gasteiger partial charge is 0.383 e. The molecule has 3 N–H and O–H groups in total. The van der Waals surface area contributed by atoms with Crippen molar-refractivity contribution < 1.29 is 14.3 Å². The summed E-state index contributed by atoms with van der Waals surface area (Å²) in [6.07, 6.45) is 3.51. The maximum Gasteiger partial charge on any atom is 0.280 e. The summed E-state index contributed by atoms with van der Waals surface area (Å²) in [7, 11) is 1.71. The molecule has 1 saturated carbocycles. The van der Waals surface area contributed by atoms with Crippen molar-refractivity contribution in [3.05, 3.63) is 51.1 Å². The van der Waals surface area contributed by atoms with Gasteiger partial charge in [0, 0.05) is 61.0 Å². The zero-order valence-electron chi connectivity index (χ0n) is 19.6. The van der Waals surface area contributed by atoms with Crippen LogP contribution in [-0.2, 0) is 17.7 Å². The third-order valence-corrected chi connectivity index (χ3v) is 7.87. The highest BCUT2D eigenvalue weighted by Gasteiger charge is 2.32. The van der Waals surface area contributed by atoms with Crippen LogP contribution in [0.1, 0.15) is 55.7 Å². The molecule has 8 nitrogen and oxygen atoms in total. The maximum atomic E-state index is 13.0. The normalized spacial score (nSPS) is 20.4. The number of aromatic nitrogens is 2. The first-order valence-electron chi connectivity index (χ1n) is 11.9. The second-order valence-electron chi connectivity index (χ2n) is 9.27. The molecule has 0 radical (unpaired) electrons. The molecule has 0 spiro atoms. The number of benzene rings is 1. The summed E-state index contributed by atoms with van der Waals surface area (Å²) in [6, 6.07) is 7.77. The molecular formula is C25H31N5O3S. The summed E-state index contributed by atoms with van der Waals surface area (Å²) in [5.74, 6) is -0.282. The summed E-state index contributed by atoms with van der Waals surface area (Å²) in [6.45, 7) is 5.37. The van der Waals surface area contributed by atoms with Crippen LogP contribution in [0.2, 0.25) is 0 Å². The van der Waals surface area contributed by atoms with E-state index >= 15 is 0 Å². The standard InChI is InChI=1S/C25H31N5O3S/c1-15-6-7-17-16(12-15)13-21(26-17)23(31)27-18-4-3-5-19(18)28-24(32)25-29-20-8-9-30(10-11-33-2)14-22(20)34-25/h6-7,12-13,18-19,26H,3-5,8-11,14H2,1-2H3,(H,27,31)(H,28,32)/t18-,19-/m1/s1. The van der Waals surface area contributed by atoms with E-state index in [1.54, 1.807) is 7.11 Å². The van der Waals surface area contributed by atoms with Gasteiger partial charge in [-0.1, -0.05) is 11.6 Å². The first-order valence-corrected chi connectivity index (χ1v) is 12.7. The SMILES string of the molecule is COCCN1CCc2nc(C(=O)N[C@@H]3CCC[C@H]3NC(=O)c3cc4cc(C)ccc4[nH]3)sc2C1. The number of amides is 2. The monoisotopic (exact) mass is 481 g/mol. The summed E-state index contributed by atoms with van der Waals surface area (Å²) >= 11 is 1.48. The van der Waals surface area contributed by atoms with Gasteiger partial charge in [-0.3, -0.25) is 14.5 Å². The quantitative estimate of drug-likeness (QED) is 0.482. The Morgan fingerprint density at radius 1 is 1.21 bits per heavy atom. The molecule has 2 aliphatic rings. The van der Waals surface area contributed by atoms with Gasteiger partial charge < -0.3 is 20.4 Å². The van der Waals surface area contributed by atoms with Crippen LogP contribution in [0.4, 0.5) is 0 Å². The summed E-state index contributed by atoms with van der Waals surface area (Å²) < 4.78 is 5.19. The Bertz CT molecular complexity index is 1200. The minimum Gasteiger partial charge on any atom is -0.383 e. The topological polar surface area (TPSA) is 99.3 Å². The molecule has 9 heteroatoms. The van der Waals surface area contributed by atoms with Gasteiger partial charge in [-0.15, -0.1) is 11.3 Å². The fourth-order valence-electron chi connectivity index (χ4n) is 4.91. The van der Waals surface area contributed by atoms with Crippen molar-refractivity contribution in [1.29, 1.82) is 0 Å². The van der Waals surface area contributed by atoms with Gasteiger partial charge in [0.05, 0.1) is 12.3 Å². The van der Waals surface area contributed by atoms with Gasteiger partial charge in [0.15, 0.2) is 5.01 Å². The minimum atomic E-state index is -0.143. The van der Waals surface area contributed by atoms with Crippen molar-refractivity contribution in [2.45, 2.75) is 51.2 Å². The number of nitrogens with one attached hydrogen (secondary N) is 3. The molecule has 180 valence electrons. The molecule has 1 aliphatic heterocycles. The highest BCUT2D eigenvalue weighted by atomic mass is 32.1. The molecule has 2 amide bonds. The highest BCUT2D eigenvalue weighted by molar-refractivity contribution is 7.13. The average molecular weight is 482 g/mol. The van der Waals surface area contributed by atoms with Crippen LogP contribution in [0.3, 0.4) is 0 Å². The lowest BCUT2D eigenvalue weighted by atomic mass is 10.1. The van der Waals surface area contributed by atoms with E-state index < -0.39 is 0 Å². The number of H-pyrrole nitrogens is 1. The fraction of sp³-hybridized carbons (Fsp3) is 0.480. The number of aromatic amines is 1. The van der Waals surface area contributed by atoms with Crippen molar-refractivity contribution in [3.8, 4) is 0 Å². The number of carbonyl (C=O) groups excluding carboxylic acids is 2. The second kappa shape index (κ2) is 9.85. The van der Waals surface area contributed by atoms with Crippen LogP contribution < -0.4 is 10.6 Å². The molecule has 0 unspecified atom stereocenters. The van der Waals surface area contributed by atoms with Gasteiger partial charge in [-0.05, 0) is 44.4 Å². The van der Waals surface area contributed by atoms with Crippen LogP contribution >= 0.6 is 11.3 Å². The van der Waals surface area contributed by atoms with Crippen molar-refractivity contribution in [2.24, 2.45) is 0 Å². The minimum absolute atomic E-state index is 0.0938. The van der Waals surface area contributed by atoms with Gasteiger partial charge in [-0.2, -0.15) is 0 Å². The lowest BCUT2D eigenvalue weighted by molar-refractivity contribution is 0.0889. The smallest absolute Gasteiger partial charge is 0.280 e. The van der Waals surface area contributed by atoms with Crippen LogP contribution in [0.5, 0.6) is 0 Å². The number of carbonyl (C=O) groups is 2. The van der Waals surface area contributed by atoms with E-state index in [1.807, 2.05) is 25.1 Å². The number of fused-ring (bicyclic) bond motifs is 2. The predicted octanol–water partition coefficient (Wildman–Crippen LogP) is 3.02. The average Bonchev–Trinajstić information content (AvgIpc) is 3.55. The Morgan fingerprint density at radius 2 is 2.00 bits per heavy atom. The molecule has 3 heterocycles. The second-order valence-corrected chi connectivity index (χ2v) is 10.4. The van der Waals surface area contributed by atoms with E-state index in [4.69, 9.17) is 4.74 Å². The molecule has 2 aromatic heterocycles. The van der Waals surface area contributed by atoms with Crippen molar-refractivity contribution >= 4 is 34.1 Å². The lowest BCUT2D eigenvalue weighted by Gasteiger charge is -2.25. The van der Waals surface area contributed by atoms with Crippen LogP contribution in [-0.4, -0.2) is 65.6 Å². The van der Waals surface area contributed by atoms with Crippen LogP contribution in [0.15, 0.2) is 24.3 Å². The Kier molecular flexibility index (Phi) is 6.67. The summed E-state index contributed by atoms with van der Waals surface area (Å²) in [4.78, 5) is 37.3. The maximum absolute atomic E-state index is 13.0. The van der Waals surface area contributed by atoms with E-state index in [9.17, 15) is 9.59 Å². The van der Waals surface area contributed by atoms with Gasteiger partial charge in [0.25, 0.3) is 11.8 Å². The number of ether oxygens (including phenoxy) is 1. The Hall–Kier alpha value is -2.75.